The van der Waals surface area contributed by atoms with E-state index in [1.807, 2.05) is 19.9 Å². The second kappa shape index (κ2) is 6.96. The molecule has 2 amide bonds. The van der Waals surface area contributed by atoms with Crippen LogP contribution in [0.4, 0.5) is 0 Å². The SMILES string of the molecule is Cc1cc(C)c(CNC(=O)[C@@H]2CC(=O)N(Cc3ccco3)C2)c(=O)[nH]1. The third-order valence-electron chi connectivity index (χ3n) is 4.45. The molecule has 7 nitrogen and oxygen atoms in total. The Hall–Kier alpha value is -2.83. The van der Waals surface area contributed by atoms with Crippen molar-refractivity contribution in [3.8, 4) is 0 Å². The number of likely N-dealkylation sites (tertiary alicyclic amines) is 1. The first kappa shape index (κ1) is 17.0. The number of amides is 2. The molecule has 0 radical (unpaired) electrons. The molecule has 25 heavy (non-hydrogen) atoms. The van der Waals surface area contributed by atoms with Crippen LogP contribution in [0.25, 0.3) is 0 Å². The van der Waals surface area contributed by atoms with Crippen molar-refractivity contribution in [3.05, 3.63) is 57.4 Å². The van der Waals surface area contributed by atoms with Gasteiger partial charge in [-0.25, -0.2) is 0 Å². The number of aryl methyl sites for hydroxylation is 2. The Labute approximate surface area is 145 Å². The predicted molar refractivity (Wildman–Crippen MR) is 90.6 cm³/mol. The lowest BCUT2D eigenvalue weighted by molar-refractivity contribution is -0.129. The molecule has 1 atom stereocenters. The number of furan rings is 1. The molecule has 0 spiro atoms. The number of pyridine rings is 1. The Morgan fingerprint density at radius 2 is 2.20 bits per heavy atom. The van der Waals surface area contributed by atoms with Crippen LogP contribution in [-0.2, 0) is 22.7 Å². The normalized spacial score (nSPS) is 17.1. The first-order chi connectivity index (χ1) is 11.9. The first-order valence-corrected chi connectivity index (χ1v) is 8.21. The molecule has 7 heteroatoms. The molecule has 3 heterocycles. The van der Waals surface area contributed by atoms with Crippen molar-refractivity contribution in [2.75, 3.05) is 6.54 Å². The molecular weight excluding hydrogens is 322 g/mol. The van der Waals surface area contributed by atoms with Gasteiger partial charge in [-0.2, -0.15) is 0 Å². The van der Waals surface area contributed by atoms with Crippen LogP contribution in [0.5, 0.6) is 0 Å². The van der Waals surface area contributed by atoms with Crippen LogP contribution in [0.2, 0.25) is 0 Å². The highest BCUT2D eigenvalue weighted by Crippen LogP contribution is 2.20. The average Bonchev–Trinajstić information content (AvgIpc) is 3.17. The highest BCUT2D eigenvalue weighted by Gasteiger charge is 2.34. The van der Waals surface area contributed by atoms with Gasteiger partial charge in [0.1, 0.15) is 5.76 Å². The van der Waals surface area contributed by atoms with Gasteiger partial charge in [0.15, 0.2) is 0 Å². The number of hydrogen-bond donors (Lipinski definition) is 2. The van der Waals surface area contributed by atoms with Gasteiger partial charge in [-0.1, -0.05) is 0 Å². The second-order valence-electron chi connectivity index (χ2n) is 6.42. The van der Waals surface area contributed by atoms with Crippen molar-refractivity contribution in [2.24, 2.45) is 5.92 Å². The standard InChI is InChI=1S/C18H21N3O4/c1-11-6-12(2)20-18(24)15(11)8-19-17(23)13-7-16(22)21(9-13)10-14-4-3-5-25-14/h3-6,13H,7-10H2,1-2H3,(H,19,23)(H,20,24)/t13-/m1/s1. The van der Waals surface area contributed by atoms with Crippen LogP contribution in [-0.4, -0.2) is 28.2 Å². The summed E-state index contributed by atoms with van der Waals surface area (Å²) in [6.45, 7) is 4.53. The van der Waals surface area contributed by atoms with Gasteiger partial charge in [0.2, 0.25) is 11.8 Å². The number of H-pyrrole nitrogens is 1. The first-order valence-electron chi connectivity index (χ1n) is 8.21. The number of carbonyl (C=O) groups is 2. The van der Waals surface area contributed by atoms with Crippen molar-refractivity contribution in [2.45, 2.75) is 33.4 Å². The van der Waals surface area contributed by atoms with E-state index in [0.29, 0.717) is 24.4 Å². The Kier molecular flexibility index (Phi) is 4.74. The summed E-state index contributed by atoms with van der Waals surface area (Å²) in [5.41, 5.74) is 1.96. The largest absolute Gasteiger partial charge is 0.467 e. The van der Waals surface area contributed by atoms with Gasteiger partial charge in [-0.15, -0.1) is 0 Å². The van der Waals surface area contributed by atoms with Gasteiger partial charge in [0, 0.05) is 30.8 Å². The molecule has 0 unspecified atom stereocenters. The summed E-state index contributed by atoms with van der Waals surface area (Å²) in [6.07, 6.45) is 1.73. The summed E-state index contributed by atoms with van der Waals surface area (Å²) < 4.78 is 5.25. The lowest BCUT2D eigenvalue weighted by atomic mass is 10.1. The third-order valence-corrected chi connectivity index (χ3v) is 4.45. The van der Waals surface area contributed by atoms with E-state index in [1.54, 1.807) is 23.3 Å². The molecule has 132 valence electrons. The summed E-state index contributed by atoms with van der Waals surface area (Å²) >= 11 is 0. The van der Waals surface area contributed by atoms with E-state index in [1.165, 1.54) is 0 Å². The third kappa shape index (κ3) is 3.81. The minimum atomic E-state index is -0.410. The molecule has 0 bridgehead atoms. The lowest BCUT2D eigenvalue weighted by Gasteiger charge is -2.15. The predicted octanol–water partition coefficient (Wildman–Crippen LogP) is 1.25. The molecule has 0 aliphatic carbocycles. The molecule has 1 saturated heterocycles. The number of hydrogen-bond acceptors (Lipinski definition) is 4. The molecule has 2 aromatic heterocycles. The van der Waals surface area contributed by atoms with Crippen LogP contribution in [0.1, 0.15) is 29.0 Å². The molecule has 1 aliphatic rings. The molecule has 0 aromatic carbocycles. The Morgan fingerprint density at radius 1 is 1.40 bits per heavy atom. The fraction of sp³-hybridized carbons (Fsp3) is 0.389. The number of nitrogens with zero attached hydrogens (tertiary/aromatic N) is 1. The van der Waals surface area contributed by atoms with Gasteiger partial charge in [-0.3, -0.25) is 14.4 Å². The smallest absolute Gasteiger partial charge is 0.253 e. The fourth-order valence-electron chi connectivity index (χ4n) is 3.11. The van der Waals surface area contributed by atoms with E-state index in [4.69, 9.17) is 4.42 Å². The van der Waals surface area contributed by atoms with Crippen LogP contribution >= 0.6 is 0 Å². The monoisotopic (exact) mass is 343 g/mol. The topological polar surface area (TPSA) is 95.4 Å². The zero-order valence-electron chi connectivity index (χ0n) is 14.3. The highest BCUT2D eigenvalue weighted by molar-refractivity contribution is 5.89. The molecule has 3 rings (SSSR count). The summed E-state index contributed by atoms with van der Waals surface area (Å²) in [4.78, 5) is 40.8. The maximum Gasteiger partial charge on any atom is 0.253 e. The zero-order chi connectivity index (χ0) is 18.0. The maximum absolute atomic E-state index is 12.4. The Morgan fingerprint density at radius 3 is 2.88 bits per heavy atom. The van der Waals surface area contributed by atoms with Crippen molar-refractivity contribution in [1.29, 1.82) is 0 Å². The quantitative estimate of drug-likeness (QED) is 0.854. The van der Waals surface area contributed by atoms with Crippen LogP contribution in [0, 0.1) is 19.8 Å². The summed E-state index contributed by atoms with van der Waals surface area (Å²) in [6, 6.07) is 5.43. The zero-order valence-corrected chi connectivity index (χ0v) is 14.3. The van der Waals surface area contributed by atoms with E-state index in [-0.39, 0.29) is 30.3 Å². The summed E-state index contributed by atoms with van der Waals surface area (Å²) in [7, 11) is 0. The molecule has 1 fully saturated rings. The number of aromatic amines is 1. The van der Waals surface area contributed by atoms with E-state index in [9.17, 15) is 14.4 Å². The van der Waals surface area contributed by atoms with E-state index >= 15 is 0 Å². The maximum atomic E-state index is 12.4. The molecule has 0 saturated carbocycles. The van der Waals surface area contributed by atoms with Crippen molar-refractivity contribution in [3.63, 3.8) is 0 Å². The van der Waals surface area contributed by atoms with Gasteiger partial charge in [0.05, 0.1) is 18.7 Å². The Balaban J connectivity index is 1.59. The van der Waals surface area contributed by atoms with E-state index < -0.39 is 5.92 Å². The van der Waals surface area contributed by atoms with E-state index in [0.717, 1.165) is 11.3 Å². The molecule has 2 N–H and O–H groups in total. The number of nitrogens with one attached hydrogen (secondary N) is 2. The van der Waals surface area contributed by atoms with Crippen molar-refractivity contribution in [1.82, 2.24) is 15.2 Å². The number of carbonyl (C=O) groups excluding carboxylic acids is 2. The second-order valence-corrected chi connectivity index (χ2v) is 6.42. The minimum absolute atomic E-state index is 0.0686. The highest BCUT2D eigenvalue weighted by atomic mass is 16.3. The minimum Gasteiger partial charge on any atom is -0.467 e. The van der Waals surface area contributed by atoms with Gasteiger partial charge in [0.25, 0.3) is 5.56 Å². The fourth-order valence-corrected chi connectivity index (χ4v) is 3.11. The van der Waals surface area contributed by atoms with Gasteiger partial charge in [-0.05, 0) is 37.6 Å². The Bertz CT molecular complexity index is 839. The van der Waals surface area contributed by atoms with Crippen molar-refractivity contribution >= 4 is 11.8 Å². The molecular formula is C18H21N3O4. The summed E-state index contributed by atoms with van der Waals surface area (Å²) in [5, 5.41) is 2.78. The lowest BCUT2D eigenvalue weighted by Crippen LogP contribution is -2.34. The molecule has 1 aliphatic heterocycles. The number of rotatable bonds is 5. The van der Waals surface area contributed by atoms with Crippen LogP contribution in [0.15, 0.2) is 33.7 Å². The summed E-state index contributed by atoms with van der Waals surface area (Å²) in [5.74, 6) is -0.000829. The van der Waals surface area contributed by atoms with Crippen LogP contribution < -0.4 is 10.9 Å². The van der Waals surface area contributed by atoms with Crippen LogP contribution in [0.3, 0.4) is 0 Å². The molecule has 2 aromatic rings. The number of aromatic nitrogens is 1. The van der Waals surface area contributed by atoms with Crippen molar-refractivity contribution < 1.29 is 14.0 Å². The average molecular weight is 343 g/mol. The van der Waals surface area contributed by atoms with Gasteiger partial charge < -0.3 is 19.6 Å². The van der Waals surface area contributed by atoms with Gasteiger partial charge >= 0.3 is 0 Å². The van der Waals surface area contributed by atoms with E-state index in [2.05, 4.69) is 10.3 Å².